The van der Waals surface area contributed by atoms with Crippen LogP contribution in [0, 0.1) is 0 Å². The van der Waals surface area contributed by atoms with Gasteiger partial charge in [-0.25, -0.2) is 0 Å². The van der Waals surface area contributed by atoms with E-state index in [1.165, 1.54) is 0 Å². The van der Waals surface area contributed by atoms with Gasteiger partial charge < -0.3 is 29.7 Å². The topological polar surface area (TPSA) is 124 Å². The molecule has 0 aromatic rings. The molecule has 0 amide bonds. The quantitative estimate of drug-likeness (QED) is 0.344. The SMILES string of the molecule is O=C([O-])CN(CC(=O)[O-])CC(=O)[O-].[Co+2].[Sn+4].[Sn+4]. The average molecular weight is 484 g/mol. The van der Waals surface area contributed by atoms with Gasteiger partial charge in [-0.2, -0.15) is 0 Å². The van der Waals surface area contributed by atoms with E-state index in [0.717, 1.165) is 0 Å². The number of aliphatic carboxylic acids is 3. The number of carboxylic acid groups (broad SMARTS) is 3. The van der Waals surface area contributed by atoms with Gasteiger partial charge in [-0.3, -0.25) is 4.90 Å². The van der Waals surface area contributed by atoms with E-state index in [-0.39, 0.29) is 64.6 Å². The zero-order valence-corrected chi connectivity index (χ0v) is 14.6. The molecule has 0 saturated heterocycles. The summed E-state index contributed by atoms with van der Waals surface area (Å²) in [6.07, 6.45) is 0. The van der Waals surface area contributed by atoms with Crippen molar-refractivity contribution in [3.63, 3.8) is 0 Å². The fraction of sp³-hybridized carbons (Fsp3) is 0.500. The van der Waals surface area contributed by atoms with E-state index in [9.17, 15) is 29.7 Å². The molecule has 0 bridgehead atoms. The van der Waals surface area contributed by atoms with Crippen molar-refractivity contribution in [2.75, 3.05) is 19.6 Å². The monoisotopic (exact) mass is 487 g/mol. The van der Waals surface area contributed by atoms with Gasteiger partial charge in [0.15, 0.2) is 0 Å². The number of carbonyl (C=O) groups excluding carboxylic acids is 3. The van der Waals surface area contributed by atoms with Crippen LogP contribution in [0.4, 0.5) is 0 Å². The second kappa shape index (κ2) is 13.5. The summed E-state index contributed by atoms with van der Waals surface area (Å²) in [7, 11) is 0. The average Bonchev–Trinajstić information content (AvgIpc) is 1.80. The molecule has 0 spiro atoms. The second-order valence-electron chi connectivity index (χ2n) is 2.26. The van der Waals surface area contributed by atoms with Gasteiger partial charge >= 0.3 is 64.6 Å². The Bertz CT molecular complexity index is 201. The maximum absolute atomic E-state index is 9.99. The van der Waals surface area contributed by atoms with E-state index < -0.39 is 37.5 Å². The Morgan fingerprint density at radius 3 is 1.06 bits per heavy atom. The van der Waals surface area contributed by atoms with E-state index >= 15 is 0 Å². The summed E-state index contributed by atoms with van der Waals surface area (Å²) >= 11 is 0. The van der Waals surface area contributed by atoms with Crippen LogP contribution in [0.15, 0.2) is 0 Å². The molecule has 0 aliphatic heterocycles. The first kappa shape index (κ1) is 25.4. The molecule has 0 aromatic carbocycles. The molecular weight excluding hydrogens is 478 g/mol. The van der Waals surface area contributed by atoms with E-state index in [0.29, 0.717) is 4.90 Å². The molecule has 0 N–H and O–H groups in total. The number of hydrogen-bond acceptors (Lipinski definition) is 7. The second-order valence-corrected chi connectivity index (χ2v) is 2.26. The Morgan fingerprint density at radius 1 is 0.750 bits per heavy atom. The minimum atomic E-state index is -1.57. The summed E-state index contributed by atoms with van der Waals surface area (Å²) < 4.78 is 0. The molecule has 7 nitrogen and oxygen atoms in total. The third kappa shape index (κ3) is 16.9. The Hall–Kier alpha value is 0.474. The summed E-state index contributed by atoms with van der Waals surface area (Å²) in [4.78, 5) is 30.6. The molecule has 0 rings (SSSR count). The Kier molecular flexibility index (Phi) is 21.5. The summed E-state index contributed by atoms with van der Waals surface area (Å²) in [5, 5.41) is 30.0. The first-order valence-corrected chi connectivity index (χ1v) is 3.23. The van der Waals surface area contributed by atoms with Gasteiger partial charge in [0.05, 0.1) is 17.9 Å². The maximum atomic E-state index is 9.99. The van der Waals surface area contributed by atoms with Gasteiger partial charge in [-0.1, -0.05) is 0 Å². The minimum Gasteiger partial charge on any atom is -0.549 e. The van der Waals surface area contributed by atoms with Gasteiger partial charge in [0.1, 0.15) is 0 Å². The fourth-order valence-electron chi connectivity index (χ4n) is 0.715. The van der Waals surface area contributed by atoms with Crippen LogP contribution in [-0.2, 0) is 31.2 Å². The predicted octanol–water partition coefficient (Wildman–Crippen LogP) is -6.23. The van der Waals surface area contributed by atoms with E-state index in [1.54, 1.807) is 0 Å². The van der Waals surface area contributed by atoms with Crippen LogP contribution >= 0.6 is 0 Å². The first-order chi connectivity index (χ1) is 5.91. The van der Waals surface area contributed by atoms with Gasteiger partial charge in [0, 0.05) is 19.6 Å². The predicted molar refractivity (Wildman–Crippen MR) is 43.0 cm³/mol. The molecule has 1 radical (unpaired) electrons. The van der Waals surface area contributed by atoms with Crippen molar-refractivity contribution in [2.45, 2.75) is 0 Å². The molecule has 81 valence electrons. The zero-order valence-electron chi connectivity index (χ0n) is 7.85. The van der Waals surface area contributed by atoms with Gasteiger partial charge in [0.2, 0.25) is 0 Å². The number of carboxylic acids is 3. The smallest absolute Gasteiger partial charge is 0.549 e. The molecule has 0 saturated carbocycles. The Labute approximate surface area is 136 Å². The number of carbonyl (C=O) groups is 3. The summed E-state index contributed by atoms with van der Waals surface area (Å²) in [5.74, 6) is -4.70. The third-order valence-corrected chi connectivity index (χ3v) is 1.06. The van der Waals surface area contributed by atoms with Crippen molar-refractivity contribution < 1.29 is 46.5 Å². The van der Waals surface area contributed by atoms with Gasteiger partial charge in [0.25, 0.3) is 0 Å². The van der Waals surface area contributed by atoms with E-state index in [1.807, 2.05) is 0 Å². The first-order valence-electron chi connectivity index (χ1n) is 3.23. The number of rotatable bonds is 6. The summed E-state index contributed by atoms with van der Waals surface area (Å²) in [6.45, 7) is -2.37. The molecule has 0 atom stereocenters. The number of nitrogens with zero attached hydrogens (tertiary/aromatic N) is 1. The molecular formula is C6H6CoNO6Sn2+7. The van der Waals surface area contributed by atoms with Crippen LogP contribution in [0.5, 0.6) is 0 Å². The molecule has 0 fully saturated rings. The Balaban J connectivity index is -0.000000240. The molecule has 0 heterocycles. The van der Waals surface area contributed by atoms with Crippen molar-refractivity contribution in [1.29, 1.82) is 0 Å². The van der Waals surface area contributed by atoms with E-state index in [2.05, 4.69) is 0 Å². The van der Waals surface area contributed by atoms with Gasteiger partial charge in [-0.15, -0.1) is 0 Å². The fourth-order valence-corrected chi connectivity index (χ4v) is 0.715. The van der Waals surface area contributed by atoms with Crippen LogP contribution < -0.4 is 15.3 Å². The van der Waals surface area contributed by atoms with Crippen molar-refractivity contribution in [2.24, 2.45) is 0 Å². The third-order valence-electron chi connectivity index (χ3n) is 1.06. The standard InChI is InChI=1S/C6H9NO6.Co.2Sn/c8-4(9)1-7(2-5(10)11)3-6(12)13;;;/h1-3H2,(H,8,9)(H,10,11)(H,12,13);;;/q;+2;2*+4/p-3. The van der Waals surface area contributed by atoms with Crippen LogP contribution in [-0.4, -0.2) is 90.3 Å². The molecule has 10 heteroatoms. The zero-order chi connectivity index (χ0) is 10.4. The summed E-state index contributed by atoms with van der Waals surface area (Å²) in [5.41, 5.74) is 0. The maximum Gasteiger partial charge on any atom is 4.00 e. The molecule has 0 aromatic heterocycles. The summed E-state index contributed by atoms with van der Waals surface area (Å²) in [6, 6.07) is 0. The van der Waals surface area contributed by atoms with Crippen LogP contribution in [0.1, 0.15) is 0 Å². The van der Waals surface area contributed by atoms with Crippen LogP contribution in [0.2, 0.25) is 0 Å². The van der Waals surface area contributed by atoms with E-state index in [4.69, 9.17) is 0 Å². The Morgan fingerprint density at radius 2 is 0.938 bits per heavy atom. The van der Waals surface area contributed by atoms with Crippen molar-refractivity contribution >= 4 is 65.7 Å². The van der Waals surface area contributed by atoms with Crippen molar-refractivity contribution in [1.82, 2.24) is 4.90 Å². The molecule has 0 aliphatic rings. The van der Waals surface area contributed by atoms with Crippen LogP contribution in [0.25, 0.3) is 0 Å². The molecule has 16 heavy (non-hydrogen) atoms. The van der Waals surface area contributed by atoms with Gasteiger partial charge in [-0.05, 0) is 0 Å². The molecule has 0 aliphatic carbocycles. The largest absolute Gasteiger partial charge is 4.00 e. The van der Waals surface area contributed by atoms with Crippen LogP contribution in [0.3, 0.4) is 0 Å². The normalized spacial score (nSPS) is 8.06. The molecule has 0 unspecified atom stereocenters. The van der Waals surface area contributed by atoms with Crippen molar-refractivity contribution in [3.8, 4) is 0 Å². The van der Waals surface area contributed by atoms with Crippen molar-refractivity contribution in [3.05, 3.63) is 0 Å². The minimum absolute atomic E-state index is 0. The number of hydrogen-bond donors (Lipinski definition) is 0.